The number of halogens is 2. The minimum absolute atomic E-state index is 0.0331. The molecule has 23 heavy (non-hydrogen) atoms. The third-order valence-electron chi connectivity index (χ3n) is 3.38. The molecule has 132 valence electrons. The Bertz CT molecular complexity index is 507. The van der Waals surface area contributed by atoms with Crippen LogP contribution in [0.3, 0.4) is 0 Å². The van der Waals surface area contributed by atoms with Gasteiger partial charge in [0.15, 0.2) is 16.8 Å². The van der Waals surface area contributed by atoms with Crippen LogP contribution in [0.2, 0.25) is 0 Å². The average Bonchev–Trinajstić information content (AvgIpc) is 2.46. The molecule has 3 nitrogen and oxygen atoms in total. The van der Waals surface area contributed by atoms with Gasteiger partial charge in [-0.3, -0.25) is 4.79 Å². The molecule has 0 aliphatic rings. The SMILES string of the molecule is C\C=C(F)/C(=N\C(Cl)=C(/C)CC)N[C@H](CSC(C)=O)C(C)(C)C. The van der Waals surface area contributed by atoms with Crippen LogP contribution in [0.1, 0.15) is 54.9 Å². The van der Waals surface area contributed by atoms with Gasteiger partial charge in [-0.25, -0.2) is 9.38 Å². The fourth-order valence-corrected chi connectivity index (χ4v) is 2.71. The Balaban J connectivity index is 5.56. The summed E-state index contributed by atoms with van der Waals surface area (Å²) in [5, 5.41) is 3.45. The van der Waals surface area contributed by atoms with E-state index in [2.05, 4.69) is 10.3 Å². The number of allylic oxidation sites excluding steroid dienone is 2. The first kappa shape index (κ1) is 22.2. The van der Waals surface area contributed by atoms with Gasteiger partial charge in [0, 0.05) is 18.7 Å². The summed E-state index contributed by atoms with van der Waals surface area (Å²) < 4.78 is 14.2. The molecule has 0 fully saturated rings. The Morgan fingerprint density at radius 3 is 2.35 bits per heavy atom. The van der Waals surface area contributed by atoms with Gasteiger partial charge in [0.2, 0.25) is 0 Å². The van der Waals surface area contributed by atoms with Crippen molar-refractivity contribution in [2.24, 2.45) is 10.4 Å². The Morgan fingerprint density at radius 2 is 1.96 bits per heavy atom. The molecule has 0 unspecified atom stereocenters. The van der Waals surface area contributed by atoms with E-state index < -0.39 is 5.83 Å². The Hall–Kier alpha value is -0.810. The van der Waals surface area contributed by atoms with E-state index in [9.17, 15) is 9.18 Å². The Labute approximate surface area is 148 Å². The third-order valence-corrected chi connectivity index (χ3v) is 4.70. The van der Waals surface area contributed by atoms with Crippen LogP contribution in [-0.4, -0.2) is 22.7 Å². The van der Waals surface area contributed by atoms with E-state index in [0.29, 0.717) is 10.9 Å². The minimum Gasteiger partial charge on any atom is -0.363 e. The maximum atomic E-state index is 14.2. The summed E-state index contributed by atoms with van der Waals surface area (Å²) in [7, 11) is 0. The van der Waals surface area contributed by atoms with E-state index in [1.54, 1.807) is 6.92 Å². The van der Waals surface area contributed by atoms with Crippen molar-refractivity contribution in [3.8, 4) is 0 Å². The van der Waals surface area contributed by atoms with Crippen LogP contribution >= 0.6 is 23.4 Å². The Morgan fingerprint density at radius 1 is 1.39 bits per heavy atom. The maximum Gasteiger partial charge on any atom is 0.185 e. The second kappa shape index (κ2) is 10.1. The number of thioether (sulfide) groups is 1. The summed E-state index contributed by atoms with van der Waals surface area (Å²) in [6, 6.07) is -0.132. The molecule has 0 saturated heterocycles. The van der Waals surface area contributed by atoms with Crippen LogP contribution in [0, 0.1) is 5.41 Å². The highest BCUT2D eigenvalue weighted by atomic mass is 35.5. The van der Waals surface area contributed by atoms with Crippen molar-refractivity contribution >= 4 is 34.3 Å². The molecular weight excluding hydrogens is 335 g/mol. The predicted molar refractivity (Wildman–Crippen MR) is 101 cm³/mol. The summed E-state index contributed by atoms with van der Waals surface area (Å²) >= 11 is 7.37. The second-order valence-corrected chi connectivity index (χ2v) is 7.94. The van der Waals surface area contributed by atoms with E-state index in [1.807, 2.05) is 34.6 Å². The summed E-state index contributed by atoms with van der Waals surface area (Å²) in [5.74, 6) is 0.173. The van der Waals surface area contributed by atoms with Crippen LogP contribution in [0.4, 0.5) is 4.39 Å². The molecule has 1 N–H and O–H groups in total. The maximum absolute atomic E-state index is 14.2. The van der Waals surface area contributed by atoms with Crippen molar-refractivity contribution in [2.75, 3.05) is 5.75 Å². The molecule has 0 radical (unpaired) electrons. The predicted octanol–water partition coefficient (Wildman–Crippen LogP) is 5.42. The van der Waals surface area contributed by atoms with Gasteiger partial charge in [-0.2, -0.15) is 0 Å². The van der Waals surface area contributed by atoms with Gasteiger partial charge in [-0.1, -0.05) is 51.1 Å². The summed E-state index contributed by atoms with van der Waals surface area (Å²) in [5.41, 5.74) is 0.716. The lowest BCUT2D eigenvalue weighted by molar-refractivity contribution is -0.109. The van der Waals surface area contributed by atoms with Crippen molar-refractivity contribution in [3.63, 3.8) is 0 Å². The van der Waals surface area contributed by atoms with Crippen LogP contribution in [0.5, 0.6) is 0 Å². The van der Waals surface area contributed by atoms with E-state index >= 15 is 0 Å². The number of carbonyl (C=O) groups is 1. The van der Waals surface area contributed by atoms with Crippen molar-refractivity contribution in [1.29, 1.82) is 0 Å². The number of rotatable bonds is 6. The molecule has 0 bridgehead atoms. The molecule has 0 spiro atoms. The van der Waals surface area contributed by atoms with Gasteiger partial charge < -0.3 is 5.32 Å². The molecule has 0 aromatic heterocycles. The number of aliphatic imine (C=N–C) groups is 1. The number of hydrogen-bond acceptors (Lipinski definition) is 3. The van der Waals surface area contributed by atoms with Crippen molar-refractivity contribution in [2.45, 2.75) is 60.9 Å². The third kappa shape index (κ3) is 8.56. The van der Waals surface area contributed by atoms with Crippen molar-refractivity contribution < 1.29 is 9.18 Å². The lowest BCUT2D eigenvalue weighted by Gasteiger charge is -2.32. The summed E-state index contributed by atoms with van der Waals surface area (Å²) in [6.07, 6.45) is 2.09. The largest absolute Gasteiger partial charge is 0.363 e. The standard InChI is InChI=1S/C17H28ClFN2OS/c1-8-11(3)15(18)21-16(13(19)9-2)20-14(17(5,6)7)10-23-12(4)22/h9,14H,8,10H2,1-7H3,(H,20,21)/b13-9+,15-11+/t14-/m1/s1. The second-order valence-electron chi connectivity index (χ2n) is 6.39. The number of nitrogens with one attached hydrogen (secondary N) is 1. The van der Waals surface area contributed by atoms with Gasteiger partial charge in [-0.05, 0) is 37.3 Å². The molecule has 0 aliphatic heterocycles. The highest BCUT2D eigenvalue weighted by Crippen LogP contribution is 2.24. The smallest absolute Gasteiger partial charge is 0.185 e. The van der Waals surface area contributed by atoms with Gasteiger partial charge >= 0.3 is 0 Å². The molecule has 0 aromatic carbocycles. The van der Waals surface area contributed by atoms with E-state index in [0.717, 1.165) is 12.0 Å². The molecular formula is C17H28ClFN2OS. The van der Waals surface area contributed by atoms with Crippen LogP contribution in [0.15, 0.2) is 27.6 Å². The fourth-order valence-electron chi connectivity index (χ4n) is 1.50. The summed E-state index contributed by atoms with van der Waals surface area (Å²) in [6.45, 7) is 13.1. The van der Waals surface area contributed by atoms with Crippen molar-refractivity contribution in [1.82, 2.24) is 5.32 Å². The summed E-state index contributed by atoms with van der Waals surface area (Å²) in [4.78, 5) is 15.5. The fraction of sp³-hybridized carbons (Fsp3) is 0.647. The highest BCUT2D eigenvalue weighted by molar-refractivity contribution is 8.13. The zero-order chi connectivity index (χ0) is 18.2. The van der Waals surface area contributed by atoms with Crippen LogP contribution < -0.4 is 5.32 Å². The molecule has 0 amide bonds. The first-order chi connectivity index (χ1) is 10.5. The van der Waals surface area contributed by atoms with Gasteiger partial charge in [-0.15, -0.1) is 0 Å². The first-order valence-electron chi connectivity index (χ1n) is 7.68. The molecule has 0 aliphatic carbocycles. The minimum atomic E-state index is -0.464. The normalized spacial score (nSPS) is 16.0. The van der Waals surface area contributed by atoms with Gasteiger partial charge in [0.1, 0.15) is 5.16 Å². The molecule has 0 heterocycles. The van der Waals surface area contributed by atoms with E-state index in [-0.39, 0.29) is 22.4 Å². The van der Waals surface area contributed by atoms with Crippen LogP contribution in [0.25, 0.3) is 0 Å². The molecule has 6 heteroatoms. The van der Waals surface area contributed by atoms with Crippen molar-refractivity contribution in [3.05, 3.63) is 22.6 Å². The van der Waals surface area contributed by atoms with E-state index in [4.69, 9.17) is 11.6 Å². The molecule has 0 rings (SSSR count). The number of carbonyl (C=O) groups excluding carboxylic acids is 1. The zero-order valence-corrected chi connectivity index (χ0v) is 16.7. The quantitative estimate of drug-likeness (QED) is 0.389. The number of nitrogens with zero attached hydrogens (tertiary/aromatic N) is 1. The van der Waals surface area contributed by atoms with Crippen LogP contribution in [-0.2, 0) is 4.79 Å². The lowest BCUT2D eigenvalue weighted by Crippen LogP contribution is -2.46. The molecule has 1 atom stereocenters. The molecule has 0 aromatic rings. The van der Waals surface area contributed by atoms with Gasteiger partial charge in [0.05, 0.1) is 0 Å². The highest BCUT2D eigenvalue weighted by Gasteiger charge is 2.27. The van der Waals surface area contributed by atoms with Gasteiger partial charge in [0.25, 0.3) is 0 Å². The lowest BCUT2D eigenvalue weighted by atomic mass is 9.88. The zero-order valence-electron chi connectivity index (χ0n) is 15.1. The Kier molecular flexibility index (Phi) is 9.78. The monoisotopic (exact) mass is 362 g/mol. The van der Waals surface area contributed by atoms with E-state index in [1.165, 1.54) is 24.8 Å². The topological polar surface area (TPSA) is 41.5 Å². The average molecular weight is 363 g/mol. The number of hydrogen-bond donors (Lipinski definition) is 1. The molecule has 0 saturated carbocycles. The number of amidine groups is 1. The first-order valence-corrected chi connectivity index (χ1v) is 9.05.